The van der Waals surface area contributed by atoms with Crippen LogP contribution < -0.4 is 14.5 Å². The summed E-state index contributed by atoms with van der Waals surface area (Å²) in [4.78, 5) is 30.9. The minimum atomic E-state index is -4.83. The van der Waals surface area contributed by atoms with Gasteiger partial charge in [0.25, 0.3) is 16.0 Å². The molecule has 2 aliphatic rings. The molecular weight excluding hydrogens is 736 g/mol. The summed E-state index contributed by atoms with van der Waals surface area (Å²) < 4.78 is 82.1. The Hall–Kier alpha value is -5.02. The summed E-state index contributed by atoms with van der Waals surface area (Å²) >= 11 is 5.68. The highest BCUT2D eigenvalue weighted by atomic mass is 32.2. The Morgan fingerprint density at radius 1 is 1.11 bits per heavy atom. The third-order valence-electron chi connectivity index (χ3n) is 9.24. The highest BCUT2D eigenvalue weighted by Gasteiger charge is 2.51. The van der Waals surface area contributed by atoms with Crippen LogP contribution in [-0.2, 0) is 32.3 Å². The van der Waals surface area contributed by atoms with E-state index in [2.05, 4.69) is 6.58 Å². The van der Waals surface area contributed by atoms with E-state index in [0.29, 0.717) is 36.6 Å². The molecule has 3 aromatic carbocycles. The fraction of sp³-hybridized carbons (Fsp3) is 0.333. The predicted molar refractivity (Wildman–Crippen MR) is 193 cm³/mol. The zero-order valence-corrected chi connectivity index (χ0v) is 30.6. The van der Waals surface area contributed by atoms with Crippen LogP contribution in [-0.4, -0.2) is 83.2 Å². The van der Waals surface area contributed by atoms with E-state index in [-0.39, 0.29) is 41.0 Å². The lowest BCUT2D eigenvalue weighted by atomic mass is 9.99. The van der Waals surface area contributed by atoms with Crippen LogP contribution in [0.5, 0.6) is 5.75 Å². The van der Waals surface area contributed by atoms with Crippen molar-refractivity contribution < 1.29 is 45.6 Å². The first kappa shape index (κ1) is 39.2. The number of hydrogen-bond donors (Lipinski definition) is 2. The SMILES string of the molecule is C=C1C(c2ccccc2S(=O)(=O)O)N(CCOc2ccc(N3C(=S)N(c4ccc(C#N)c(C(F)(F)F)c4)C(=O)C3(C)C)cc2CC)CCN1CC(=O)O. The van der Waals surface area contributed by atoms with E-state index in [1.54, 1.807) is 47.9 Å². The number of piperazine rings is 1. The number of rotatable bonds is 11. The van der Waals surface area contributed by atoms with E-state index in [4.69, 9.17) is 17.0 Å². The molecule has 5 rings (SSSR count). The molecule has 0 spiro atoms. The first-order valence-corrected chi connectivity index (χ1v) is 18.2. The number of ether oxygens (including phenoxy) is 1. The number of amides is 1. The van der Waals surface area contributed by atoms with Gasteiger partial charge in [-0.2, -0.15) is 26.9 Å². The van der Waals surface area contributed by atoms with Crippen LogP contribution in [0.2, 0.25) is 0 Å². The largest absolute Gasteiger partial charge is 0.492 e. The third-order valence-corrected chi connectivity index (χ3v) is 10.5. The number of anilines is 2. The van der Waals surface area contributed by atoms with Gasteiger partial charge in [0.2, 0.25) is 0 Å². The Balaban J connectivity index is 1.39. The zero-order valence-electron chi connectivity index (χ0n) is 28.9. The molecule has 0 bridgehead atoms. The van der Waals surface area contributed by atoms with Crippen molar-refractivity contribution in [3.05, 3.63) is 95.2 Å². The first-order valence-electron chi connectivity index (χ1n) is 16.3. The summed E-state index contributed by atoms with van der Waals surface area (Å²) in [5, 5.41) is 18.6. The lowest BCUT2D eigenvalue weighted by Gasteiger charge is -2.44. The minimum absolute atomic E-state index is 0.0490. The van der Waals surface area contributed by atoms with Gasteiger partial charge in [-0.1, -0.05) is 31.7 Å². The molecule has 1 amide bonds. The van der Waals surface area contributed by atoms with Crippen LogP contribution in [0.25, 0.3) is 0 Å². The van der Waals surface area contributed by atoms with Crippen LogP contribution >= 0.6 is 12.2 Å². The number of benzene rings is 3. The molecular formula is C36H36F3N5O7S2. The zero-order chi connectivity index (χ0) is 39.0. The topological polar surface area (TPSA) is 155 Å². The molecule has 280 valence electrons. The monoisotopic (exact) mass is 771 g/mol. The van der Waals surface area contributed by atoms with E-state index < -0.39 is 50.9 Å². The maximum Gasteiger partial charge on any atom is 0.417 e. The molecule has 0 saturated carbocycles. The van der Waals surface area contributed by atoms with E-state index in [1.807, 2.05) is 11.8 Å². The van der Waals surface area contributed by atoms with Crippen LogP contribution in [0, 0.1) is 11.3 Å². The lowest BCUT2D eigenvalue weighted by Crippen LogP contribution is -2.49. The summed E-state index contributed by atoms with van der Waals surface area (Å²) in [7, 11) is -4.63. The Labute approximate surface area is 310 Å². The summed E-state index contributed by atoms with van der Waals surface area (Å²) in [6.07, 6.45) is -4.35. The van der Waals surface area contributed by atoms with E-state index in [9.17, 15) is 46.1 Å². The van der Waals surface area contributed by atoms with Gasteiger partial charge in [0, 0.05) is 31.0 Å². The van der Waals surface area contributed by atoms with Crippen molar-refractivity contribution >= 4 is 50.7 Å². The van der Waals surface area contributed by atoms with Crippen LogP contribution in [0.1, 0.15) is 49.1 Å². The van der Waals surface area contributed by atoms with Gasteiger partial charge in [0.15, 0.2) is 5.11 Å². The summed E-state index contributed by atoms with van der Waals surface area (Å²) in [5.41, 5.74) is -1.38. The second kappa shape index (κ2) is 14.8. The molecule has 2 fully saturated rings. The fourth-order valence-electron chi connectivity index (χ4n) is 6.66. The highest BCUT2D eigenvalue weighted by molar-refractivity contribution is 7.85. The molecule has 1 unspecified atom stereocenters. The number of thiocarbonyl (C=S) groups is 1. The number of aryl methyl sites for hydroxylation is 1. The number of halogens is 3. The van der Waals surface area contributed by atoms with Gasteiger partial charge in [-0.25, -0.2) is 0 Å². The quantitative estimate of drug-likeness (QED) is 0.183. The molecule has 2 N–H and O–H groups in total. The van der Waals surface area contributed by atoms with Crippen molar-refractivity contribution in [1.29, 1.82) is 5.26 Å². The molecule has 17 heteroatoms. The number of alkyl halides is 3. The number of aliphatic carboxylic acids is 1. The molecule has 1 atom stereocenters. The predicted octanol–water partition coefficient (Wildman–Crippen LogP) is 5.64. The highest BCUT2D eigenvalue weighted by Crippen LogP contribution is 2.41. The Kier molecular flexibility index (Phi) is 10.9. The number of carbonyl (C=O) groups excluding carboxylic acids is 1. The molecule has 0 aliphatic carbocycles. The molecule has 2 saturated heterocycles. The van der Waals surface area contributed by atoms with Gasteiger partial charge in [-0.05, 0) is 86.1 Å². The van der Waals surface area contributed by atoms with Crippen molar-refractivity contribution in [2.45, 2.75) is 49.8 Å². The minimum Gasteiger partial charge on any atom is -0.492 e. The number of carboxylic acids is 1. The molecule has 12 nitrogen and oxygen atoms in total. The van der Waals surface area contributed by atoms with E-state index in [1.165, 1.54) is 30.3 Å². The first-order chi connectivity index (χ1) is 24.8. The molecule has 0 aromatic heterocycles. The van der Waals surface area contributed by atoms with E-state index in [0.717, 1.165) is 22.6 Å². The van der Waals surface area contributed by atoms with Gasteiger partial charge in [0.1, 0.15) is 24.4 Å². The van der Waals surface area contributed by atoms with Crippen molar-refractivity contribution in [2.24, 2.45) is 0 Å². The van der Waals surface area contributed by atoms with Gasteiger partial charge >= 0.3 is 12.1 Å². The third kappa shape index (κ3) is 7.72. The van der Waals surface area contributed by atoms with Crippen LogP contribution in [0.4, 0.5) is 24.5 Å². The second-order valence-corrected chi connectivity index (χ2v) is 14.7. The summed E-state index contributed by atoms with van der Waals surface area (Å²) in [6, 6.07) is 14.8. The van der Waals surface area contributed by atoms with Crippen molar-refractivity contribution in [1.82, 2.24) is 9.80 Å². The summed E-state index contributed by atoms with van der Waals surface area (Å²) in [6.45, 7) is 9.84. The van der Waals surface area contributed by atoms with Crippen LogP contribution in [0.15, 0.2) is 77.8 Å². The standard InChI is InChI=1S/C36H36F3N5O7S2/c1-5-23-18-26(44-34(52)43(33(47)35(44,3)4)25-11-10-24(20-40)28(19-25)36(37,38)39)12-13-29(23)51-17-16-41-14-15-42(21-31(45)46)22(2)32(41)27-8-6-7-9-30(27)53(48,49)50/h6-13,18-19,32H,2,5,14-17,21H2,1,3-4H3,(H,45,46)(H,48,49,50). The number of nitriles is 1. The fourth-order valence-corrected chi connectivity index (χ4v) is 7.91. The Morgan fingerprint density at radius 2 is 1.79 bits per heavy atom. The van der Waals surface area contributed by atoms with Crippen molar-refractivity contribution in [3.8, 4) is 11.8 Å². The van der Waals surface area contributed by atoms with Gasteiger partial charge < -0.3 is 19.6 Å². The number of nitrogens with zero attached hydrogens (tertiary/aromatic N) is 5. The number of hydrogen-bond acceptors (Lipinski definition) is 9. The number of carboxylic acid groups (broad SMARTS) is 1. The summed E-state index contributed by atoms with van der Waals surface area (Å²) in [5.74, 6) is -1.14. The molecule has 0 radical (unpaired) electrons. The van der Waals surface area contributed by atoms with E-state index >= 15 is 0 Å². The van der Waals surface area contributed by atoms with Gasteiger partial charge in [-0.3, -0.25) is 23.9 Å². The van der Waals surface area contributed by atoms with Crippen LogP contribution in [0.3, 0.4) is 0 Å². The van der Waals surface area contributed by atoms with Crippen molar-refractivity contribution in [3.63, 3.8) is 0 Å². The maximum absolute atomic E-state index is 13.8. The molecule has 2 heterocycles. The maximum atomic E-state index is 13.8. The normalized spacial score (nSPS) is 18.0. The smallest absolute Gasteiger partial charge is 0.417 e. The Morgan fingerprint density at radius 3 is 2.42 bits per heavy atom. The van der Waals surface area contributed by atoms with Gasteiger partial charge in [0.05, 0.1) is 33.8 Å². The second-order valence-electron chi connectivity index (χ2n) is 12.9. The number of carbonyl (C=O) groups is 2. The molecule has 53 heavy (non-hydrogen) atoms. The average Bonchev–Trinajstić information content (AvgIpc) is 3.27. The lowest BCUT2D eigenvalue weighted by molar-refractivity contribution is -0.139. The Bertz CT molecular complexity index is 2140. The molecule has 2 aliphatic heterocycles. The van der Waals surface area contributed by atoms with Gasteiger partial charge in [-0.15, -0.1) is 0 Å². The van der Waals surface area contributed by atoms with Crippen molar-refractivity contribution in [2.75, 3.05) is 42.6 Å². The average molecular weight is 772 g/mol. The molecule has 3 aromatic rings.